The lowest BCUT2D eigenvalue weighted by molar-refractivity contribution is 0.279. The SMILES string of the molecule is C=CCC/C([O])=C/CCCCC. The van der Waals surface area contributed by atoms with Crippen molar-refractivity contribution in [3.05, 3.63) is 24.5 Å². The van der Waals surface area contributed by atoms with Gasteiger partial charge in [-0.05, 0) is 25.3 Å². The quantitative estimate of drug-likeness (QED) is 0.312. The van der Waals surface area contributed by atoms with Gasteiger partial charge in [0.15, 0.2) is 5.76 Å². The van der Waals surface area contributed by atoms with Crippen molar-refractivity contribution in [3.63, 3.8) is 0 Å². The third-order valence-corrected chi connectivity index (χ3v) is 1.77. The molecule has 0 aliphatic rings. The van der Waals surface area contributed by atoms with Crippen LogP contribution in [0.25, 0.3) is 0 Å². The summed E-state index contributed by atoms with van der Waals surface area (Å²) in [7, 11) is 0. The molecule has 0 aliphatic heterocycles. The van der Waals surface area contributed by atoms with Gasteiger partial charge in [-0.15, -0.1) is 6.58 Å². The van der Waals surface area contributed by atoms with Crippen LogP contribution in [0.15, 0.2) is 24.5 Å². The average molecular weight is 167 g/mol. The molecule has 0 aromatic carbocycles. The van der Waals surface area contributed by atoms with Crippen molar-refractivity contribution in [2.75, 3.05) is 0 Å². The summed E-state index contributed by atoms with van der Waals surface area (Å²) in [6.45, 7) is 5.74. The van der Waals surface area contributed by atoms with E-state index in [-0.39, 0.29) is 5.76 Å². The maximum absolute atomic E-state index is 11.1. The van der Waals surface area contributed by atoms with Crippen LogP contribution >= 0.6 is 0 Å². The summed E-state index contributed by atoms with van der Waals surface area (Å²) in [6.07, 6.45) is 9.59. The first-order valence-corrected chi connectivity index (χ1v) is 4.78. The lowest BCUT2D eigenvalue weighted by Gasteiger charge is -1.94. The first kappa shape index (κ1) is 11.3. The van der Waals surface area contributed by atoms with E-state index in [0.717, 1.165) is 19.3 Å². The highest BCUT2D eigenvalue weighted by Crippen LogP contribution is 2.06. The fourth-order valence-electron chi connectivity index (χ4n) is 1.00. The Labute approximate surface area is 75.8 Å². The Morgan fingerprint density at radius 1 is 1.33 bits per heavy atom. The molecular formula is C11H19O. The van der Waals surface area contributed by atoms with E-state index in [0.29, 0.717) is 6.42 Å². The molecule has 0 heterocycles. The summed E-state index contributed by atoms with van der Waals surface area (Å²) >= 11 is 0. The zero-order chi connectivity index (χ0) is 9.23. The molecule has 0 atom stereocenters. The van der Waals surface area contributed by atoms with Crippen molar-refractivity contribution in [2.45, 2.75) is 45.4 Å². The van der Waals surface area contributed by atoms with Crippen LogP contribution in [0.3, 0.4) is 0 Å². The highest BCUT2D eigenvalue weighted by atomic mass is 16.3. The molecule has 0 aromatic rings. The van der Waals surface area contributed by atoms with Crippen LogP contribution in [0, 0.1) is 0 Å². The second kappa shape index (κ2) is 8.38. The Kier molecular flexibility index (Phi) is 7.87. The Morgan fingerprint density at radius 3 is 2.67 bits per heavy atom. The van der Waals surface area contributed by atoms with E-state index >= 15 is 0 Å². The molecule has 0 unspecified atom stereocenters. The van der Waals surface area contributed by atoms with Gasteiger partial charge in [0.2, 0.25) is 0 Å². The Morgan fingerprint density at radius 2 is 2.08 bits per heavy atom. The zero-order valence-corrected chi connectivity index (χ0v) is 8.01. The third-order valence-electron chi connectivity index (χ3n) is 1.77. The number of unbranched alkanes of at least 4 members (excludes halogenated alkanes) is 3. The Hall–Kier alpha value is -0.720. The number of hydrogen-bond donors (Lipinski definition) is 0. The Bertz CT molecular complexity index is 136. The largest absolute Gasteiger partial charge is 0.295 e. The molecule has 0 aromatic heterocycles. The molecule has 0 N–H and O–H groups in total. The second-order valence-corrected chi connectivity index (χ2v) is 2.99. The predicted molar refractivity (Wildman–Crippen MR) is 52.3 cm³/mol. The van der Waals surface area contributed by atoms with E-state index < -0.39 is 0 Å². The highest BCUT2D eigenvalue weighted by molar-refractivity contribution is 4.92. The summed E-state index contributed by atoms with van der Waals surface area (Å²) in [4.78, 5) is 0. The van der Waals surface area contributed by atoms with Crippen LogP contribution in [0.1, 0.15) is 45.4 Å². The van der Waals surface area contributed by atoms with Gasteiger partial charge in [-0.2, -0.15) is 0 Å². The van der Waals surface area contributed by atoms with E-state index in [1.807, 2.05) is 6.08 Å². The van der Waals surface area contributed by atoms with E-state index in [9.17, 15) is 5.11 Å². The van der Waals surface area contributed by atoms with E-state index in [4.69, 9.17) is 0 Å². The molecule has 0 rings (SSSR count). The monoisotopic (exact) mass is 167 g/mol. The van der Waals surface area contributed by atoms with Crippen molar-refractivity contribution in [1.29, 1.82) is 0 Å². The summed E-state index contributed by atoms with van der Waals surface area (Å²) in [6, 6.07) is 0. The van der Waals surface area contributed by atoms with Gasteiger partial charge in [0, 0.05) is 6.42 Å². The predicted octanol–water partition coefficient (Wildman–Crippen LogP) is 3.85. The topological polar surface area (TPSA) is 19.9 Å². The molecule has 69 valence electrons. The van der Waals surface area contributed by atoms with Crippen LogP contribution in [0.4, 0.5) is 0 Å². The maximum Gasteiger partial charge on any atom is 0.152 e. The molecule has 1 radical (unpaired) electrons. The number of hydrogen-bond acceptors (Lipinski definition) is 0. The number of allylic oxidation sites excluding steroid dienone is 3. The molecular weight excluding hydrogens is 148 g/mol. The van der Waals surface area contributed by atoms with E-state index in [1.54, 1.807) is 6.08 Å². The van der Waals surface area contributed by atoms with Crippen LogP contribution in [0.2, 0.25) is 0 Å². The third kappa shape index (κ3) is 7.39. The molecule has 0 aliphatic carbocycles. The minimum Gasteiger partial charge on any atom is -0.295 e. The minimum atomic E-state index is 0.269. The number of rotatable bonds is 7. The minimum absolute atomic E-state index is 0.269. The van der Waals surface area contributed by atoms with Crippen LogP contribution < -0.4 is 0 Å². The summed E-state index contributed by atoms with van der Waals surface area (Å²) < 4.78 is 0. The lowest BCUT2D eigenvalue weighted by Crippen LogP contribution is -1.79. The smallest absolute Gasteiger partial charge is 0.152 e. The van der Waals surface area contributed by atoms with E-state index in [1.165, 1.54) is 12.8 Å². The first-order chi connectivity index (χ1) is 5.81. The molecule has 0 amide bonds. The summed E-state index contributed by atoms with van der Waals surface area (Å²) in [5, 5.41) is 11.1. The first-order valence-electron chi connectivity index (χ1n) is 4.78. The highest BCUT2D eigenvalue weighted by Gasteiger charge is 1.93. The molecule has 12 heavy (non-hydrogen) atoms. The van der Waals surface area contributed by atoms with Gasteiger partial charge in [0.1, 0.15) is 0 Å². The van der Waals surface area contributed by atoms with Gasteiger partial charge in [-0.1, -0.05) is 25.8 Å². The lowest BCUT2D eigenvalue weighted by atomic mass is 10.1. The molecule has 0 spiro atoms. The normalized spacial score (nSPS) is 11.6. The fourth-order valence-corrected chi connectivity index (χ4v) is 1.00. The Balaban J connectivity index is 3.34. The molecule has 1 heteroatoms. The maximum atomic E-state index is 11.1. The standard InChI is InChI=1S/C11H19O/c1-3-5-7-8-10-11(12)9-6-4-2/h4,10H,2-3,5-9H2,1H3/b11-10-. The average Bonchev–Trinajstić information content (AvgIpc) is 2.09. The van der Waals surface area contributed by atoms with Gasteiger partial charge in [0.05, 0.1) is 0 Å². The van der Waals surface area contributed by atoms with Gasteiger partial charge >= 0.3 is 0 Å². The zero-order valence-electron chi connectivity index (χ0n) is 8.01. The second-order valence-electron chi connectivity index (χ2n) is 2.99. The van der Waals surface area contributed by atoms with E-state index in [2.05, 4.69) is 13.5 Å². The molecule has 0 bridgehead atoms. The summed E-state index contributed by atoms with van der Waals surface area (Å²) in [5.74, 6) is 0.269. The molecule has 1 nitrogen and oxygen atoms in total. The molecule has 0 fully saturated rings. The van der Waals surface area contributed by atoms with Gasteiger partial charge in [-0.3, -0.25) is 5.11 Å². The van der Waals surface area contributed by atoms with Crippen molar-refractivity contribution in [1.82, 2.24) is 0 Å². The van der Waals surface area contributed by atoms with Crippen LogP contribution in [-0.4, -0.2) is 0 Å². The fraction of sp³-hybridized carbons (Fsp3) is 0.636. The van der Waals surface area contributed by atoms with Crippen LogP contribution in [-0.2, 0) is 5.11 Å². The van der Waals surface area contributed by atoms with Gasteiger partial charge in [-0.25, -0.2) is 0 Å². The van der Waals surface area contributed by atoms with Crippen molar-refractivity contribution >= 4 is 0 Å². The molecule has 0 saturated carbocycles. The van der Waals surface area contributed by atoms with Gasteiger partial charge < -0.3 is 0 Å². The van der Waals surface area contributed by atoms with Crippen molar-refractivity contribution in [3.8, 4) is 0 Å². The summed E-state index contributed by atoms with van der Waals surface area (Å²) in [5.41, 5.74) is 0. The van der Waals surface area contributed by atoms with Crippen molar-refractivity contribution in [2.24, 2.45) is 0 Å². The van der Waals surface area contributed by atoms with Gasteiger partial charge in [0.25, 0.3) is 0 Å². The van der Waals surface area contributed by atoms with Crippen molar-refractivity contribution < 1.29 is 5.11 Å². The van der Waals surface area contributed by atoms with Crippen LogP contribution in [0.5, 0.6) is 0 Å². The molecule has 0 saturated heterocycles.